The van der Waals surface area contributed by atoms with E-state index in [1.165, 1.54) is 17.0 Å². The van der Waals surface area contributed by atoms with E-state index < -0.39 is 65.1 Å². The minimum Gasteiger partial charge on any atom is -0.492 e. The summed E-state index contributed by atoms with van der Waals surface area (Å²) in [6.07, 6.45) is 0.0323. The first-order valence-corrected chi connectivity index (χ1v) is 19.4. The molecule has 1 saturated heterocycles. The summed E-state index contributed by atoms with van der Waals surface area (Å²) in [5.41, 5.74) is 10.9. The summed E-state index contributed by atoms with van der Waals surface area (Å²) in [6, 6.07) is 4.01. The van der Waals surface area contributed by atoms with Crippen LogP contribution < -0.4 is 47.2 Å². The lowest BCUT2D eigenvalue weighted by Crippen LogP contribution is -2.90. The second kappa shape index (κ2) is 16.0. The van der Waals surface area contributed by atoms with Crippen LogP contribution in [0.3, 0.4) is 0 Å². The van der Waals surface area contributed by atoms with E-state index in [1.54, 1.807) is 46.8 Å². The SMILES string of the molecule is CC(C)[C@H](NC(=O)OC(C)(C)C)C(=O)OCCOc1ccc(C(=O)NC[C@@H]2N=C(N)N3CC(NC(=O)c4cccc5c4OCCC5(C)C)C(O)(O)[C@@]34NC(N)=[NH+][C@@H]24)nn1. The van der Waals surface area contributed by atoms with Crippen molar-refractivity contribution in [2.75, 3.05) is 32.9 Å². The highest BCUT2D eigenvalue weighted by atomic mass is 16.6. The van der Waals surface area contributed by atoms with E-state index in [9.17, 15) is 29.4 Å². The Bertz CT molecular complexity index is 2020. The second-order valence-electron chi connectivity index (χ2n) is 16.9. The smallest absolute Gasteiger partial charge is 0.408 e. The number of fused-ring (bicyclic) bond motifs is 1. The molecule has 1 spiro atoms. The molecule has 5 heterocycles. The molecule has 4 aliphatic rings. The number of aromatic nitrogens is 2. The molecule has 5 atom stereocenters. The van der Waals surface area contributed by atoms with Crippen LogP contribution >= 0.6 is 0 Å². The molecule has 1 unspecified atom stereocenters. The van der Waals surface area contributed by atoms with Crippen molar-refractivity contribution in [2.24, 2.45) is 22.4 Å². The number of carbonyl (C=O) groups is 4. The van der Waals surface area contributed by atoms with Gasteiger partial charge in [0, 0.05) is 18.2 Å². The van der Waals surface area contributed by atoms with Crippen molar-refractivity contribution in [1.82, 2.24) is 36.4 Å². The molecule has 0 radical (unpaired) electrons. The Hall–Kier alpha value is -5.96. The molecule has 1 aromatic carbocycles. The maximum Gasteiger partial charge on any atom is 0.408 e. The highest BCUT2D eigenvalue weighted by Gasteiger charge is 2.76. The van der Waals surface area contributed by atoms with E-state index in [4.69, 9.17) is 30.4 Å². The third-order valence-electron chi connectivity index (χ3n) is 10.7. The molecule has 21 nitrogen and oxygen atoms in total. The van der Waals surface area contributed by atoms with E-state index in [2.05, 4.69) is 55.3 Å². The van der Waals surface area contributed by atoms with Gasteiger partial charge in [-0.1, -0.05) is 39.8 Å². The molecule has 6 rings (SSSR count). The highest BCUT2D eigenvalue weighted by molar-refractivity contribution is 5.98. The molecule has 3 amide bonds. The Kier molecular flexibility index (Phi) is 11.6. The van der Waals surface area contributed by atoms with Crippen LogP contribution in [0.25, 0.3) is 0 Å². The third-order valence-corrected chi connectivity index (χ3v) is 10.7. The Balaban J connectivity index is 1.05. The van der Waals surface area contributed by atoms with Gasteiger partial charge < -0.3 is 50.8 Å². The summed E-state index contributed by atoms with van der Waals surface area (Å²) < 4.78 is 21.9. The summed E-state index contributed by atoms with van der Waals surface area (Å²) in [7, 11) is 0. The molecule has 320 valence electrons. The molecule has 59 heavy (non-hydrogen) atoms. The predicted molar refractivity (Wildman–Crippen MR) is 209 cm³/mol. The average molecular weight is 825 g/mol. The first-order valence-electron chi connectivity index (χ1n) is 19.4. The Morgan fingerprint density at radius 2 is 1.83 bits per heavy atom. The largest absolute Gasteiger partial charge is 0.492 e. The number of hydrogen-bond donors (Lipinski definition) is 9. The van der Waals surface area contributed by atoms with Gasteiger partial charge in [0.2, 0.25) is 11.7 Å². The number of carbonyl (C=O) groups excluding carboxylic acids is 4. The van der Waals surface area contributed by atoms with Crippen LogP contribution in [0.5, 0.6) is 11.6 Å². The number of nitrogens with two attached hydrogens (primary N) is 2. The average Bonchev–Trinajstić information content (AvgIpc) is 3.63. The van der Waals surface area contributed by atoms with E-state index in [-0.39, 0.29) is 66.7 Å². The van der Waals surface area contributed by atoms with E-state index in [0.29, 0.717) is 12.4 Å². The molecule has 1 aromatic heterocycles. The number of esters is 1. The fourth-order valence-electron chi connectivity index (χ4n) is 7.64. The van der Waals surface area contributed by atoms with Crippen molar-refractivity contribution in [3.8, 4) is 11.6 Å². The number of nitrogens with one attached hydrogen (secondary N) is 5. The van der Waals surface area contributed by atoms with Crippen molar-refractivity contribution >= 4 is 35.8 Å². The summed E-state index contributed by atoms with van der Waals surface area (Å²) in [4.78, 5) is 60.7. The molecular weight excluding hydrogens is 770 g/mol. The monoisotopic (exact) mass is 824 g/mol. The first-order chi connectivity index (χ1) is 27.6. The van der Waals surface area contributed by atoms with Crippen LogP contribution in [0.1, 0.15) is 81.3 Å². The minimum absolute atomic E-state index is 0.00173. The number of aliphatic hydroxyl groups is 2. The Morgan fingerprint density at radius 3 is 2.51 bits per heavy atom. The predicted octanol–water partition coefficient (Wildman–Crippen LogP) is -2.71. The van der Waals surface area contributed by atoms with E-state index in [0.717, 1.165) is 12.0 Å². The van der Waals surface area contributed by atoms with Gasteiger partial charge in [-0.15, -0.1) is 10.2 Å². The van der Waals surface area contributed by atoms with Gasteiger partial charge in [0.15, 0.2) is 17.7 Å². The van der Waals surface area contributed by atoms with Gasteiger partial charge in [-0.3, -0.25) is 25.2 Å². The van der Waals surface area contributed by atoms with Crippen LogP contribution in [0.4, 0.5) is 4.79 Å². The van der Waals surface area contributed by atoms with Gasteiger partial charge in [-0.05, 0) is 50.7 Å². The highest BCUT2D eigenvalue weighted by Crippen LogP contribution is 2.43. The fourth-order valence-corrected chi connectivity index (χ4v) is 7.64. The topological polar surface area (TPSA) is 301 Å². The summed E-state index contributed by atoms with van der Waals surface area (Å²) in [5, 5.41) is 42.6. The number of rotatable bonds is 12. The molecule has 0 aliphatic carbocycles. The summed E-state index contributed by atoms with van der Waals surface area (Å²) >= 11 is 0. The zero-order chi connectivity index (χ0) is 43.1. The van der Waals surface area contributed by atoms with Crippen molar-refractivity contribution in [2.45, 2.75) is 102 Å². The Morgan fingerprint density at radius 1 is 1.08 bits per heavy atom. The molecule has 0 bridgehead atoms. The number of guanidine groups is 2. The molecule has 4 aliphatic heterocycles. The number of benzene rings is 1. The molecule has 2 aromatic rings. The van der Waals surface area contributed by atoms with Crippen LogP contribution in [0.2, 0.25) is 0 Å². The number of amides is 3. The van der Waals surface area contributed by atoms with Crippen molar-refractivity contribution in [1.29, 1.82) is 0 Å². The van der Waals surface area contributed by atoms with Gasteiger partial charge in [0.25, 0.3) is 17.5 Å². The third kappa shape index (κ3) is 8.47. The Labute approximate surface area is 340 Å². The molecule has 0 saturated carbocycles. The van der Waals surface area contributed by atoms with Crippen molar-refractivity contribution in [3.63, 3.8) is 0 Å². The van der Waals surface area contributed by atoms with Crippen molar-refractivity contribution in [3.05, 3.63) is 47.2 Å². The van der Waals surface area contributed by atoms with Crippen LogP contribution in [-0.4, -0.2) is 135 Å². The van der Waals surface area contributed by atoms with Gasteiger partial charge >= 0.3 is 18.0 Å². The fraction of sp³-hybridized carbons (Fsp3) is 0.579. The maximum atomic E-state index is 13.7. The minimum atomic E-state index is -2.67. The molecule has 21 heteroatoms. The number of ether oxygens (including phenoxy) is 4. The molecule has 11 N–H and O–H groups in total. The zero-order valence-electron chi connectivity index (χ0n) is 34.1. The normalized spacial score (nSPS) is 24.1. The number of aliphatic imine (C=N–C) groups is 1. The van der Waals surface area contributed by atoms with Gasteiger partial charge in [-0.25, -0.2) is 19.9 Å². The maximum absolute atomic E-state index is 13.7. The summed E-state index contributed by atoms with van der Waals surface area (Å²) in [5.74, 6) is -4.39. The van der Waals surface area contributed by atoms with E-state index >= 15 is 0 Å². The lowest BCUT2D eigenvalue weighted by molar-refractivity contribution is -0.521. The number of para-hydroxylation sites is 1. The van der Waals surface area contributed by atoms with Gasteiger partial charge in [0.1, 0.15) is 42.7 Å². The van der Waals surface area contributed by atoms with Gasteiger partial charge in [0.05, 0.1) is 18.7 Å². The van der Waals surface area contributed by atoms with Crippen LogP contribution in [0, 0.1) is 5.92 Å². The summed E-state index contributed by atoms with van der Waals surface area (Å²) in [6.45, 7) is 12.7. The second-order valence-corrected chi connectivity index (χ2v) is 16.9. The molecular formula is C38H54N11O10+. The lowest BCUT2D eigenvalue weighted by atomic mass is 9.79. The zero-order valence-corrected chi connectivity index (χ0v) is 34.1. The standard InChI is InChI=1S/C38H53N11O10/c1-19(2)26(44-34(53)59-35(3,4)5)31(52)58-16-15-56-25-12-11-22(47-48-25)30(51)41-17-23-28-37(46-32(39)45-28)38(54,55)24(18-49(37)33(40)42-23)43-29(50)20-9-8-10-21-27(20)57-14-13-36(21,6)7/h8-12,19,23-24,26,28,54-55H,13-18H2,1-7H3,(H2,40,42)(H,41,51)(H,43,50)(H,44,53)(H3,39,45,46)/p+1/t23-,24?,26-,28-,37-/m0/s1. The quantitative estimate of drug-likeness (QED) is 0.0597. The van der Waals surface area contributed by atoms with Crippen LogP contribution in [-0.2, 0) is 19.7 Å². The number of hydrogen-bond acceptors (Lipinski definition) is 17. The number of alkyl carbamates (subject to hydrolysis) is 1. The first kappa shape index (κ1) is 42.6. The molecule has 1 fully saturated rings. The van der Waals surface area contributed by atoms with Crippen molar-refractivity contribution < 1.29 is 53.3 Å². The van der Waals surface area contributed by atoms with Crippen LogP contribution in [0.15, 0.2) is 35.3 Å². The van der Waals surface area contributed by atoms with Gasteiger partial charge in [-0.2, -0.15) is 0 Å². The number of nitrogens with zero attached hydrogens (tertiary/aromatic N) is 4. The van der Waals surface area contributed by atoms with E-state index in [1.807, 2.05) is 6.07 Å². The lowest BCUT2D eigenvalue weighted by Gasteiger charge is -2.46.